The Morgan fingerprint density at radius 3 is 2.76 bits per heavy atom. The summed E-state index contributed by atoms with van der Waals surface area (Å²) in [4.78, 5) is 0. The quantitative estimate of drug-likeness (QED) is 0.639. The fourth-order valence-electron chi connectivity index (χ4n) is 0.989. The van der Waals surface area contributed by atoms with Gasteiger partial charge in [0.25, 0.3) is 0 Å². The fourth-order valence-corrected chi connectivity index (χ4v) is 4.73. The molecule has 0 saturated carbocycles. The standard InChI is InChI=1S/C10H13BrClO3PS/c1-3-6-17-16(13,14-2)15-10-5-4-8(11)7-9(10)12/h4-5,7H,3,6H2,1-2H3. The predicted molar refractivity (Wildman–Crippen MR) is 77.1 cm³/mol. The molecule has 0 N–H and O–H groups in total. The van der Waals surface area contributed by atoms with Crippen molar-refractivity contribution in [2.45, 2.75) is 13.3 Å². The van der Waals surface area contributed by atoms with Crippen molar-refractivity contribution in [2.24, 2.45) is 0 Å². The minimum atomic E-state index is -3.16. The molecule has 0 saturated heterocycles. The number of rotatable bonds is 6. The molecule has 0 radical (unpaired) electrons. The number of halogens is 2. The third kappa shape index (κ3) is 4.84. The van der Waals surface area contributed by atoms with E-state index in [-0.39, 0.29) is 0 Å². The first-order chi connectivity index (χ1) is 8.00. The van der Waals surface area contributed by atoms with Gasteiger partial charge in [-0.05, 0) is 36.0 Å². The highest BCUT2D eigenvalue weighted by molar-refractivity contribution is 9.10. The predicted octanol–water partition coefficient (Wildman–Crippen LogP) is 5.38. The molecule has 0 aliphatic rings. The monoisotopic (exact) mass is 358 g/mol. The Labute approximate surface area is 119 Å². The van der Waals surface area contributed by atoms with Crippen LogP contribution >= 0.6 is 45.7 Å². The van der Waals surface area contributed by atoms with Gasteiger partial charge in [-0.25, -0.2) is 4.57 Å². The van der Waals surface area contributed by atoms with Gasteiger partial charge in [-0.2, -0.15) is 0 Å². The number of benzene rings is 1. The summed E-state index contributed by atoms with van der Waals surface area (Å²) < 4.78 is 23.4. The van der Waals surface area contributed by atoms with Gasteiger partial charge in [0.05, 0.1) is 5.02 Å². The smallest absolute Gasteiger partial charge is 0.415 e. The second-order valence-corrected chi connectivity index (χ2v) is 8.68. The first-order valence-corrected chi connectivity index (χ1v) is 9.26. The molecule has 0 heterocycles. The van der Waals surface area contributed by atoms with Gasteiger partial charge in [0.15, 0.2) is 0 Å². The summed E-state index contributed by atoms with van der Waals surface area (Å²) >= 11 is 10.4. The lowest BCUT2D eigenvalue weighted by molar-refractivity contribution is 0.342. The molecule has 1 aromatic rings. The molecule has 1 aromatic carbocycles. The minimum Gasteiger partial charge on any atom is -0.415 e. The Kier molecular flexibility index (Phi) is 6.38. The average Bonchev–Trinajstić information content (AvgIpc) is 2.30. The summed E-state index contributed by atoms with van der Waals surface area (Å²) in [6.07, 6.45) is 0.898. The average molecular weight is 360 g/mol. The normalized spacial score (nSPS) is 14.4. The fraction of sp³-hybridized carbons (Fsp3) is 0.400. The van der Waals surface area contributed by atoms with Crippen molar-refractivity contribution >= 4 is 45.7 Å². The maximum Gasteiger partial charge on any atom is 0.439 e. The Hall–Kier alpha value is 0.330. The molecular formula is C10H13BrClO3PS. The van der Waals surface area contributed by atoms with Crippen LogP contribution in [0.2, 0.25) is 5.02 Å². The SMILES string of the molecule is CCCSP(=O)(OC)Oc1ccc(Br)cc1Cl. The molecule has 0 fully saturated rings. The van der Waals surface area contributed by atoms with Gasteiger partial charge in [0.2, 0.25) is 0 Å². The molecule has 0 spiro atoms. The van der Waals surface area contributed by atoms with Crippen molar-refractivity contribution in [3.63, 3.8) is 0 Å². The van der Waals surface area contributed by atoms with Crippen molar-refractivity contribution in [2.75, 3.05) is 12.9 Å². The van der Waals surface area contributed by atoms with E-state index in [1.54, 1.807) is 18.2 Å². The zero-order valence-corrected chi connectivity index (χ0v) is 13.5. The van der Waals surface area contributed by atoms with Gasteiger partial charge in [-0.3, -0.25) is 4.52 Å². The molecule has 7 heteroatoms. The molecule has 17 heavy (non-hydrogen) atoms. The summed E-state index contributed by atoms with van der Waals surface area (Å²) in [6.45, 7) is -1.16. The van der Waals surface area contributed by atoms with Crippen LogP contribution < -0.4 is 4.52 Å². The van der Waals surface area contributed by atoms with Crippen LogP contribution in [0.25, 0.3) is 0 Å². The van der Waals surface area contributed by atoms with Gasteiger partial charge >= 0.3 is 6.80 Å². The van der Waals surface area contributed by atoms with Gasteiger partial charge in [0, 0.05) is 17.3 Å². The zero-order chi connectivity index (χ0) is 12.9. The van der Waals surface area contributed by atoms with Crippen LogP contribution in [0.1, 0.15) is 13.3 Å². The molecule has 0 bridgehead atoms. The molecule has 0 amide bonds. The van der Waals surface area contributed by atoms with E-state index in [2.05, 4.69) is 15.9 Å². The van der Waals surface area contributed by atoms with Gasteiger partial charge < -0.3 is 4.52 Å². The van der Waals surface area contributed by atoms with Crippen molar-refractivity contribution < 1.29 is 13.6 Å². The van der Waals surface area contributed by atoms with Crippen LogP contribution in [-0.2, 0) is 9.09 Å². The molecule has 0 aromatic heterocycles. The zero-order valence-electron chi connectivity index (χ0n) is 9.48. The lowest BCUT2D eigenvalue weighted by atomic mass is 10.3. The van der Waals surface area contributed by atoms with Gasteiger partial charge in [0.1, 0.15) is 5.75 Å². The molecule has 0 aliphatic carbocycles. The largest absolute Gasteiger partial charge is 0.439 e. The van der Waals surface area contributed by atoms with Crippen molar-refractivity contribution in [3.8, 4) is 5.75 Å². The van der Waals surface area contributed by atoms with Crippen LogP contribution in [0.3, 0.4) is 0 Å². The molecule has 1 atom stereocenters. The summed E-state index contributed by atoms with van der Waals surface area (Å²) in [5, 5.41) is 0.397. The highest BCUT2D eigenvalue weighted by atomic mass is 79.9. The molecular weight excluding hydrogens is 347 g/mol. The highest BCUT2D eigenvalue weighted by Gasteiger charge is 2.26. The third-order valence-corrected chi connectivity index (χ3v) is 6.51. The van der Waals surface area contributed by atoms with E-state index in [1.165, 1.54) is 18.5 Å². The lowest BCUT2D eigenvalue weighted by Crippen LogP contribution is -1.93. The van der Waals surface area contributed by atoms with E-state index in [9.17, 15) is 4.57 Å². The summed E-state index contributed by atoms with van der Waals surface area (Å²) in [7, 11) is 1.37. The van der Waals surface area contributed by atoms with Crippen molar-refractivity contribution in [3.05, 3.63) is 27.7 Å². The lowest BCUT2D eigenvalue weighted by Gasteiger charge is -2.16. The highest BCUT2D eigenvalue weighted by Crippen LogP contribution is 2.60. The van der Waals surface area contributed by atoms with Crippen LogP contribution in [0.15, 0.2) is 22.7 Å². The molecule has 1 rings (SSSR count). The Morgan fingerprint density at radius 2 is 2.24 bits per heavy atom. The van der Waals surface area contributed by atoms with Crippen molar-refractivity contribution in [1.29, 1.82) is 0 Å². The summed E-state index contributed by atoms with van der Waals surface area (Å²) in [5.74, 6) is 1.07. The molecule has 96 valence electrons. The topological polar surface area (TPSA) is 35.5 Å². The summed E-state index contributed by atoms with van der Waals surface area (Å²) in [6, 6.07) is 5.11. The summed E-state index contributed by atoms with van der Waals surface area (Å²) in [5.41, 5.74) is 0. The first-order valence-electron chi connectivity index (χ1n) is 4.95. The maximum atomic E-state index is 12.2. The van der Waals surface area contributed by atoms with Crippen LogP contribution in [0.5, 0.6) is 5.75 Å². The van der Waals surface area contributed by atoms with E-state index in [0.717, 1.165) is 10.9 Å². The molecule has 0 aliphatic heterocycles. The van der Waals surface area contributed by atoms with E-state index in [1.807, 2.05) is 6.92 Å². The Morgan fingerprint density at radius 1 is 1.53 bits per heavy atom. The van der Waals surface area contributed by atoms with E-state index in [4.69, 9.17) is 20.6 Å². The van der Waals surface area contributed by atoms with Crippen LogP contribution in [-0.4, -0.2) is 12.9 Å². The van der Waals surface area contributed by atoms with Gasteiger partial charge in [-0.15, -0.1) is 0 Å². The third-order valence-electron chi connectivity index (χ3n) is 1.78. The maximum absolute atomic E-state index is 12.2. The molecule has 1 unspecified atom stereocenters. The first kappa shape index (κ1) is 15.4. The van der Waals surface area contributed by atoms with E-state index < -0.39 is 6.80 Å². The van der Waals surface area contributed by atoms with Crippen LogP contribution in [0, 0.1) is 0 Å². The minimum absolute atomic E-state index is 0.364. The second kappa shape index (κ2) is 7.05. The number of hydrogen-bond acceptors (Lipinski definition) is 4. The van der Waals surface area contributed by atoms with E-state index >= 15 is 0 Å². The molecule has 3 nitrogen and oxygen atoms in total. The second-order valence-electron chi connectivity index (χ2n) is 3.13. The van der Waals surface area contributed by atoms with Crippen molar-refractivity contribution in [1.82, 2.24) is 0 Å². The van der Waals surface area contributed by atoms with E-state index in [0.29, 0.717) is 16.5 Å². The Bertz CT molecular complexity index is 430. The number of hydrogen-bond donors (Lipinski definition) is 0. The van der Waals surface area contributed by atoms with Crippen LogP contribution in [0.4, 0.5) is 0 Å². The van der Waals surface area contributed by atoms with Gasteiger partial charge in [-0.1, -0.05) is 34.5 Å². The Balaban J connectivity index is 2.83.